The Kier molecular flexibility index (Phi) is 21.4. The minimum Gasteiger partial charge on any atom is -0.361 e. The van der Waals surface area contributed by atoms with E-state index >= 15 is 0 Å². The van der Waals surface area contributed by atoms with Crippen molar-refractivity contribution >= 4 is 0 Å². The first-order valence-electron chi connectivity index (χ1n) is 17.3. The summed E-state index contributed by atoms with van der Waals surface area (Å²) in [6.45, 7) is 9.34. The third-order valence-corrected chi connectivity index (χ3v) is 8.25. The van der Waals surface area contributed by atoms with E-state index in [-0.39, 0.29) is 0 Å². The number of benzene rings is 2. The molecule has 0 radical (unpaired) electrons. The minimum atomic E-state index is 0.620. The van der Waals surface area contributed by atoms with Crippen LogP contribution in [0.4, 0.5) is 0 Å². The molecule has 0 aliphatic heterocycles. The van der Waals surface area contributed by atoms with Crippen LogP contribution in [0.15, 0.2) is 48.5 Å². The molecule has 0 heterocycles. The van der Waals surface area contributed by atoms with Gasteiger partial charge in [-0.2, -0.15) is 0 Å². The maximum absolute atomic E-state index is 6.19. The summed E-state index contributed by atoms with van der Waals surface area (Å²) in [6, 6.07) is 17.3. The third kappa shape index (κ3) is 16.8. The van der Waals surface area contributed by atoms with E-state index in [2.05, 4.69) is 86.3 Å². The molecule has 0 bridgehead atoms. The van der Waals surface area contributed by atoms with Gasteiger partial charge in [-0.25, -0.2) is 0 Å². The summed E-state index contributed by atoms with van der Waals surface area (Å²) in [5.74, 6) is 0. The Morgan fingerprint density at radius 3 is 1.17 bits per heavy atom. The highest BCUT2D eigenvalue weighted by molar-refractivity contribution is 5.70. The number of unbranched alkanes of at least 4 members (excludes halogenated alkanes) is 14. The molecule has 0 fully saturated rings. The maximum atomic E-state index is 6.19. The van der Waals surface area contributed by atoms with E-state index in [0.29, 0.717) is 26.7 Å². The molecule has 4 heteroatoms. The largest absolute Gasteiger partial charge is 0.361 e. The summed E-state index contributed by atoms with van der Waals surface area (Å²) < 4.78 is 12.4. The monoisotopic (exact) mass is 580 g/mol. The van der Waals surface area contributed by atoms with E-state index in [4.69, 9.17) is 9.47 Å². The highest BCUT2D eigenvalue weighted by atomic mass is 16.5. The Labute approximate surface area is 260 Å². The Hall–Kier alpha value is -1.72. The highest BCUT2D eigenvalue weighted by Gasteiger charge is 2.11. The summed E-state index contributed by atoms with van der Waals surface area (Å²) in [5, 5.41) is 0. The van der Waals surface area contributed by atoms with Crippen LogP contribution in [0.3, 0.4) is 0 Å². The van der Waals surface area contributed by atoms with Gasteiger partial charge >= 0.3 is 0 Å². The molecule has 2 aromatic rings. The van der Waals surface area contributed by atoms with Gasteiger partial charge in [0.1, 0.15) is 0 Å². The van der Waals surface area contributed by atoms with Crippen LogP contribution in [0.25, 0.3) is 11.1 Å². The predicted molar refractivity (Wildman–Crippen MR) is 182 cm³/mol. The van der Waals surface area contributed by atoms with Crippen molar-refractivity contribution < 1.29 is 9.47 Å². The molecule has 2 rings (SSSR count). The molecule has 0 amide bonds. The fourth-order valence-corrected chi connectivity index (χ4v) is 5.60. The van der Waals surface area contributed by atoms with Crippen molar-refractivity contribution in [2.45, 2.75) is 130 Å². The number of ether oxygens (including phenoxy) is 2. The molecule has 0 spiro atoms. The minimum absolute atomic E-state index is 0.620. The van der Waals surface area contributed by atoms with Crippen LogP contribution in [-0.2, 0) is 22.7 Å². The first-order chi connectivity index (χ1) is 20.7. The standard InChI is InChI=1S/C38H64N2O2/c1-5-7-9-11-13-15-17-23-29-39(3)33-41-31-35-25-19-21-27-37(35)38-28-22-20-26-36(38)32-42-34-40(4)30-24-18-16-14-12-10-8-6-2/h19-22,25-28H,5-18,23-24,29-34H2,1-4H3. The van der Waals surface area contributed by atoms with Crippen LogP contribution in [0.5, 0.6) is 0 Å². The van der Waals surface area contributed by atoms with Gasteiger partial charge in [-0.3, -0.25) is 9.80 Å². The topological polar surface area (TPSA) is 24.9 Å². The molecule has 0 atom stereocenters. The number of hydrogen-bond acceptors (Lipinski definition) is 4. The first-order valence-corrected chi connectivity index (χ1v) is 17.3. The van der Waals surface area contributed by atoms with Gasteiger partial charge in [0, 0.05) is 0 Å². The van der Waals surface area contributed by atoms with Gasteiger partial charge in [0.2, 0.25) is 0 Å². The molecule has 0 saturated heterocycles. The second kappa shape index (κ2) is 24.7. The van der Waals surface area contributed by atoms with Gasteiger partial charge in [0.15, 0.2) is 0 Å². The Morgan fingerprint density at radius 1 is 0.452 bits per heavy atom. The summed E-state index contributed by atoms with van der Waals surface area (Å²) in [6.07, 6.45) is 21.7. The SMILES string of the molecule is CCCCCCCCCCN(C)COCc1ccccc1-c1ccccc1COCN(C)CCCCCCCCCC. The maximum Gasteiger partial charge on any atom is 0.0992 e. The molecule has 238 valence electrons. The van der Waals surface area contributed by atoms with Crippen molar-refractivity contribution in [3.05, 3.63) is 59.7 Å². The number of nitrogens with zero attached hydrogens (tertiary/aromatic N) is 2. The van der Waals surface area contributed by atoms with Crippen LogP contribution < -0.4 is 0 Å². The van der Waals surface area contributed by atoms with Crippen molar-refractivity contribution in [2.75, 3.05) is 40.6 Å². The van der Waals surface area contributed by atoms with Crippen molar-refractivity contribution in [1.82, 2.24) is 9.80 Å². The molecule has 0 unspecified atom stereocenters. The summed E-state index contributed by atoms with van der Waals surface area (Å²) in [7, 11) is 4.34. The Balaban J connectivity index is 1.71. The summed E-state index contributed by atoms with van der Waals surface area (Å²) in [4.78, 5) is 4.62. The first kappa shape index (κ1) is 36.5. The normalized spacial score (nSPS) is 11.7. The van der Waals surface area contributed by atoms with Crippen molar-refractivity contribution in [2.24, 2.45) is 0 Å². The van der Waals surface area contributed by atoms with E-state index in [1.165, 1.54) is 125 Å². The van der Waals surface area contributed by atoms with Crippen LogP contribution in [0.2, 0.25) is 0 Å². The second-order valence-electron chi connectivity index (χ2n) is 12.4. The number of rotatable bonds is 27. The van der Waals surface area contributed by atoms with Gasteiger partial charge in [-0.15, -0.1) is 0 Å². The smallest absolute Gasteiger partial charge is 0.0992 e. The van der Waals surface area contributed by atoms with Crippen molar-refractivity contribution in [3.8, 4) is 11.1 Å². The Bertz CT molecular complexity index is 829. The van der Waals surface area contributed by atoms with E-state index in [9.17, 15) is 0 Å². The molecule has 0 aliphatic rings. The van der Waals surface area contributed by atoms with Crippen LogP contribution in [-0.4, -0.2) is 50.4 Å². The van der Waals surface area contributed by atoms with E-state index in [0.717, 1.165) is 13.1 Å². The lowest BCUT2D eigenvalue weighted by atomic mass is 9.96. The molecule has 0 aliphatic carbocycles. The molecular formula is C38H64N2O2. The lowest BCUT2D eigenvalue weighted by molar-refractivity contribution is 0.0311. The predicted octanol–water partition coefficient (Wildman–Crippen LogP) is 10.4. The number of hydrogen-bond donors (Lipinski definition) is 0. The zero-order valence-electron chi connectivity index (χ0n) is 27.9. The van der Waals surface area contributed by atoms with Crippen molar-refractivity contribution in [1.29, 1.82) is 0 Å². The zero-order chi connectivity index (χ0) is 30.1. The second-order valence-corrected chi connectivity index (χ2v) is 12.4. The quantitative estimate of drug-likeness (QED) is 0.0775. The van der Waals surface area contributed by atoms with Crippen LogP contribution in [0.1, 0.15) is 128 Å². The van der Waals surface area contributed by atoms with Gasteiger partial charge < -0.3 is 9.47 Å². The average Bonchev–Trinajstić information content (AvgIpc) is 3.00. The van der Waals surface area contributed by atoms with E-state index < -0.39 is 0 Å². The van der Waals surface area contributed by atoms with E-state index in [1.807, 2.05) is 0 Å². The third-order valence-electron chi connectivity index (χ3n) is 8.25. The molecule has 2 aromatic carbocycles. The molecule has 0 aromatic heterocycles. The lowest BCUT2D eigenvalue weighted by Crippen LogP contribution is -2.23. The molecule has 0 saturated carbocycles. The van der Waals surface area contributed by atoms with Gasteiger partial charge in [-0.1, -0.05) is 152 Å². The van der Waals surface area contributed by atoms with Crippen molar-refractivity contribution in [3.63, 3.8) is 0 Å². The van der Waals surface area contributed by atoms with Gasteiger partial charge in [-0.05, 0) is 62.3 Å². The molecule has 42 heavy (non-hydrogen) atoms. The molecule has 4 nitrogen and oxygen atoms in total. The fourth-order valence-electron chi connectivity index (χ4n) is 5.60. The molecular weight excluding hydrogens is 516 g/mol. The van der Waals surface area contributed by atoms with Crippen LogP contribution >= 0.6 is 0 Å². The zero-order valence-corrected chi connectivity index (χ0v) is 27.9. The lowest BCUT2D eigenvalue weighted by Gasteiger charge is -2.19. The van der Waals surface area contributed by atoms with E-state index in [1.54, 1.807) is 0 Å². The van der Waals surface area contributed by atoms with Gasteiger partial charge in [0.25, 0.3) is 0 Å². The van der Waals surface area contributed by atoms with Crippen LogP contribution in [0, 0.1) is 0 Å². The van der Waals surface area contributed by atoms with Gasteiger partial charge in [0.05, 0.1) is 26.7 Å². The summed E-state index contributed by atoms with van der Waals surface area (Å²) >= 11 is 0. The Morgan fingerprint density at radius 2 is 0.786 bits per heavy atom. The average molecular weight is 581 g/mol. The molecule has 0 N–H and O–H groups in total. The highest BCUT2D eigenvalue weighted by Crippen LogP contribution is 2.28. The fraction of sp³-hybridized carbons (Fsp3) is 0.684. The summed E-state index contributed by atoms with van der Waals surface area (Å²) in [5.41, 5.74) is 4.96.